The van der Waals surface area contributed by atoms with E-state index in [9.17, 15) is 14.2 Å². The van der Waals surface area contributed by atoms with Gasteiger partial charge in [0, 0.05) is 0 Å². The number of hydrogen-bond acceptors (Lipinski definition) is 4. The Balaban J connectivity index is 0. The average molecular weight is 194 g/mol. The summed E-state index contributed by atoms with van der Waals surface area (Å²) in [4.78, 5) is 35.1. The van der Waals surface area contributed by atoms with Crippen molar-refractivity contribution in [1.82, 2.24) is 0 Å². The molecule has 0 rings (SSSR count). The molecule has 0 aromatic rings. The Morgan fingerprint density at radius 3 is 1.73 bits per heavy atom. The van der Waals surface area contributed by atoms with Gasteiger partial charge in [0.05, 0.1) is 0 Å². The molecule has 3 N–H and O–H groups in total. The fraction of sp³-hybridized carbons (Fsp3) is 0. The van der Waals surface area contributed by atoms with E-state index in [1.165, 1.54) is 0 Å². The van der Waals surface area contributed by atoms with Gasteiger partial charge in [-0.15, -0.1) is 0 Å². The number of carbonyl (C=O) groups excluding carboxylic acids is 1. The van der Waals surface area contributed by atoms with Crippen molar-refractivity contribution < 1.29 is 33.6 Å². The number of aliphatic carboxylic acids is 1. The van der Waals surface area contributed by atoms with Crippen molar-refractivity contribution in [3.05, 3.63) is 0 Å². The molecule has 0 saturated carbocycles. The van der Waals surface area contributed by atoms with Gasteiger partial charge in [-0.05, 0) is 0 Å². The van der Waals surface area contributed by atoms with E-state index in [1.807, 2.05) is 0 Å². The normalized spacial score (nSPS) is 9.64. The van der Waals surface area contributed by atoms with Gasteiger partial charge in [-0.2, -0.15) is 0 Å². The summed E-state index contributed by atoms with van der Waals surface area (Å²) < 4.78 is 12.9. The molecule has 7 nitrogen and oxygen atoms in total. The Morgan fingerprint density at radius 2 is 1.64 bits per heavy atom. The van der Waals surface area contributed by atoms with E-state index in [0.717, 1.165) is 0 Å². The van der Waals surface area contributed by atoms with Gasteiger partial charge in [0.1, 0.15) is 0 Å². The van der Waals surface area contributed by atoms with Gasteiger partial charge in [0.15, 0.2) is 0 Å². The average Bonchev–Trinajstić information content (AvgIpc) is 1.60. The Hall–Kier alpha value is 0.0900. The van der Waals surface area contributed by atoms with Crippen LogP contribution in [0.3, 0.4) is 0 Å². The second-order valence-electron chi connectivity index (χ2n) is 1.17. The van der Waals surface area contributed by atoms with Crippen LogP contribution in [0.15, 0.2) is 0 Å². The summed E-state index contributed by atoms with van der Waals surface area (Å²) in [5.41, 5.74) is 0. The minimum atomic E-state index is -5.01. The van der Waals surface area contributed by atoms with Crippen molar-refractivity contribution in [2.24, 2.45) is 0 Å². The number of carbonyl (C=O) groups is 2. The molecule has 0 radical (unpaired) electrons. The third-order valence-corrected chi connectivity index (χ3v) is 0.780. The van der Waals surface area contributed by atoms with Crippen molar-refractivity contribution in [3.8, 4) is 0 Å². The van der Waals surface area contributed by atoms with Crippen LogP contribution in [0, 0.1) is 0 Å². The fourth-order valence-electron chi connectivity index (χ4n) is 0.147. The standard InChI is InChI=1S/C2H3O7P.Na.H/c3-1(4)2(5)9-10(6,7)8;;/h(H,3,4)(H2,6,7,8);;. The molecule has 11 heavy (non-hydrogen) atoms. The Bertz CT molecular complexity index is 204. The molecule has 0 amide bonds. The molecular weight excluding hydrogens is 190 g/mol. The van der Waals surface area contributed by atoms with Crippen molar-refractivity contribution in [2.45, 2.75) is 0 Å². The molecule has 60 valence electrons. The molecule has 0 saturated heterocycles. The maximum absolute atomic E-state index is 9.84. The van der Waals surface area contributed by atoms with Crippen molar-refractivity contribution in [3.63, 3.8) is 0 Å². The molecular formula is C2H4NaO7P. The van der Waals surface area contributed by atoms with Crippen LogP contribution >= 0.6 is 7.82 Å². The van der Waals surface area contributed by atoms with E-state index in [-0.39, 0.29) is 29.6 Å². The van der Waals surface area contributed by atoms with Crippen LogP contribution < -0.4 is 0 Å². The predicted octanol–water partition coefficient (Wildman–Crippen LogP) is -1.94. The summed E-state index contributed by atoms with van der Waals surface area (Å²) in [6.07, 6.45) is 0. The van der Waals surface area contributed by atoms with Gasteiger partial charge >= 0.3 is 49.3 Å². The third-order valence-electron chi connectivity index (χ3n) is 0.376. The van der Waals surface area contributed by atoms with Crippen LogP contribution in [0.1, 0.15) is 0 Å². The number of phosphoric acid groups is 1. The fourth-order valence-corrected chi connectivity index (χ4v) is 0.441. The first kappa shape index (κ1) is 13.7. The van der Waals surface area contributed by atoms with E-state index in [2.05, 4.69) is 4.52 Å². The zero-order valence-corrected chi connectivity index (χ0v) is 5.32. The maximum atomic E-state index is 9.84. The second kappa shape index (κ2) is 4.87. The number of carboxylic acids is 1. The molecule has 0 heterocycles. The molecule has 9 heteroatoms. The third kappa shape index (κ3) is 7.99. The van der Waals surface area contributed by atoms with Gasteiger partial charge in [-0.3, -0.25) is 9.79 Å². The Labute approximate surface area is 82.9 Å². The molecule has 0 bridgehead atoms. The summed E-state index contributed by atoms with van der Waals surface area (Å²) in [6, 6.07) is 0. The van der Waals surface area contributed by atoms with Crippen molar-refractivity contribution in [2.75, 3.05) is 0 Å². The Kier molecular flexibility index (Phi) is 6.04. The van der Waals surface area contributed by atoms with Gasteiger partial charge in [0.2, 0.25) is 0 Å². The SMILES string of the molecule is O=C(O)C(=O)OP(=O)(O)O.[NaH]. The van der Waals surface area contributed by atoms with Crippen LogP contribution in [0.2, 0.25) is 0 Å². The van der Waals surface area contributed by atoms with E-state index in [0.29, 0.717) is 0 Å². The first-order valence-corrected chi connectivity index (χ1v) is 3.38. The number of hydrogen-bond donors (Lipinski definition) is 3. The van der Waals surface area contributed by atoms with Crippen LogP contribution in [0.5, 0.6) is 0 Å². The minimum absolute atomic E-state index is 0. The van der Waals surface area contributed by atoms with Crippen LogP contribution in [0.25, 0.3) is 0 Å². The van der Waals surface area contributed by atoms with Gasteiger partial charge < -0.3 is 9.63 Å². The summed E-state index contributed by atoms with van der Waals surface area (Å²) in [5, 5.41) is 7.73. The van der Waals surface area contributed by atoms with E-state index >= 15 is 0 Å². The molecule has 0 atom stereocenters. The number of carboxylic acid groups (broad SMARTS) is 1. The quantitative estimate of drug-likeness (QED) is 0.252. The molecule has 0 aliphatic carbocycles. The van der Waals surface area contributed by atoms with Crippen LogP contribution in [0.4, 0.5) is 0 Å². The Morgan fingerprint density at radius 1 is 1.27 bits per heavy atom. The van der Waals surface area contributed by atoms with E-state index in [4.69, 9.17) is 14.9 Å². The van der Waals surface area contributed by atoms with Crippen molar-refractivity contribution in [1.29, 1.82) is 0 Å². The first-order valence-electron chi connectivity index (χ1n) is 1.85. The molecule has 0 unspecified atom stereocenters. The topological polar surface area (TPSA) is 121 Å². The molecule has 0 aliphatic heterocycles. The van der Waals surface area contributed by atoms with E-state index in [1.54, 1.807) is 0 Å². The predicted molar refractivity (Wildman–Crippen MR) is 32.9 cm³/mol. The van der Waals surface area contributed by atoms with E-state index < -0.39 is 19.8 Å². The van der Waals surface area contributed by atoms with Crippen LogP contribution in [-0.2, 0) is 18.7 Å². The number of phosphoric ester groups is 1. The first-order chi connectivity index (χ1) is 4.33. The molecule has 0 spiro atoms. The molecule has 0 aromatic heterocycles. The number of rotatable bonds is 1. The summed E-state index contributed by atoms with van der Waals surface area (Å²) in [5.74, 6) is -4.03. The zero-order valence-electron chi connectivity index (χ0n) is 4.42. The monoisotopic (exact) mass is 194 g/mol. The molecule has 0 aliphatic rings. The molecule has 0 fully saturated rings. The van der Waals surface area contributed by atoms with Gasteiger partial charge in [-0.1, -0.05) is 0 Å². The summed E-state index contributed by atoms with van der Waals surface area (Å²) >= 11 is 0. The van der Waals surface area contributed by atoms with Gasteiger partial charge in [-0.25, -0.2) is 14.2 Å². The summed E-state index contributed by atoms with van der Waals surface area (Å²) in [6.45, 7) is 0. The zero-order chi connectivity index (χ0) is 8.36. The van der Waals surface area contributed by atoms with Crippen LogP contribution in [-0.4, -0.2) is 56.4 Å². The molecule has 0 aromatic carbocycles. The second-order valence-corrected chi connectivity index (χ2v) is 2.34. The van der Waals surface area contributed by atoms with Crippen molar-refractivity contribution >= 4 is 49.3 Å². The van der Waals surface area contributed by atoms with Gasteiger partial charge in [0.25, 0.3) is 0 Å². The summed E-state index contributed by atoms with van der Waals surface area (Å²) in [7, 11) is -5.01.